The van der Waals surface area contributed by atoms with Crippen molar-refractivity contribution in [2.75, 3.05) is 0 Å². The molecule has 0 N–H and O–H groups in total. The Kier molecular flexibility index (Phi) is 8.17. The van der Waals surface area contributed by atoms with Crippen molar-refractivity contribution in [1.29, 1.82) is 0 Å². The highest BCUT2D eigenvalue weighted by atomic mass is 16.7. The molecule has 0 bridgehead atoms. The van der Waals surface area contributed by atoms with E-state index in [0.29, 0.717) is 16.3 Å². The fraction of sp³-hybridized carbons (Fsp3) is 0.357. The largest absolute Gasteiger partial charge is 0.338 e. The topological polar surface area (TPSA) is 160 Å². The molecule has 0 amide bonds. The molecule has 0 spiro atoms. The fourth-order valence-electron chi connectivity index (χ4n) is 5.08. The standard InChI is InChI=1S/C28H28N4O8/c1-15(29-39-16(2)33)27(35)20-13-22-21-12-19(10-11-23(21)31(4)26(22)24(14-20)32(37)38)28(36)25(30-40-17(3)34)18-8-6-5-7-9-18/h10-14,18H,5-9H2,1-4H3/b29-15+,30-25+. The van der Waals surface area contributed by atoms with Crippen LogP contribution in [0.5, 0.6) is 0 Å². The molecule has 1 fully saturated rings. The van der Waals surface area contributed by atoms with Crippen LogP contribution in [0.1, 0.15) is 73.6 Å². The van der Waals surface area contributed by atoms with Crippen LogP contribution in [0.15, 0.2) is 40.6 Å². The minimum atomic E-state index is -0.718. The van der Waals surface area contributed by atoms with Gasteiger partial charge in [0.2, 0.25) is 11.6 Å². The summed E-state index contributed by atoms with van der Waals surface area (Å²) in [7, 11) is 1.66. The third-order valence-corrected chi connectivity index (χ3v) is 6.93. The minimum absolute atomic E-state index is 0.0313. The van der Waals surface area contributed by atoms with E-state index in [2.05, 4.69) is 15.1 Å². The molecule has 0 radical (unpaired) electrons. The summed E-state index contributed by atoms with van der Waals surface area (Å²) in [5, 5.41) is 20.3. The van der Waals surface area contributed by atoms with Gasteiger partial charge in [-0.05, 0) is 44.0 Å². The van der Waals surface area contributed by atoms with Crippen LogP contribution in [-0.2, 0) is 26.3 Å². The van der Waals surface area contributed by atoms with E-state index in [0.717, 1.165) is 45.1 Å². The van der Waals surface area contributed by atoms with Gasteiger partial charge in [-0.2, -0.15) is 0 Å². The van der Waals surface area contributed by atoms with Crippen LogP contribution in [0.4, 0.5) is 5.69 Å². The fourth-order valence-corrected chi connectivity index (χ4v) is 5.08. The number of carbonyl (C=O) groups excluding carboxylic acids is 4. The van der Waals surface area contributed by atoms with E-state index in [-0.39, 0.29) is 39.7 Å². The highest BCUT2D eigenvalue weighted by Crippen LogP contribution is 2.36. The lowest BCUT2D eigenvalue weighted by Crippen LogP contribution is -2.27. The molecule has 12 heteroatoms. The van der Waals surface area contributed by atoms with Gasteiger partial charge in [0, 0.05) is 60.3 Å². The minimum Gasteiger partial charge on any atom is -0.338 e. The van der Waals surface area contributed by atoms with Gasteiger partial charge in [-0.15, -0.1) is 0 Å². The zero-order valence-electron chi connectivity index (χ0n) is 22.6. The molecule has 4 rings (SSSR count). The Hall–Kier alpha value is -4.74. The smallest absolute Gasteiger partial charge is 0.331 e. The third-order valence-electron chi connectivity index (χ3n) is 6.93. The zero-order valence-corrected chi connectivity index (χ0v) is 22.6. The summed E-state index contributed by atoms with van der Waals surface area (Å²) in [4.78, 5) is 70.1. The molecule has 3 aromatic rings. The Morgan fingerprint density at radius 2 is 1.50 bits per heavy atom. The number of benzene rings is 2. The first-order valence-corrected chi connectivity index (χ1v) is 12.8. The molecule has 40 heavy (non-hydrogen) atoms. The molecular weight excluding hydrogens is 520 g/mol. The number of hydrogen-bond donors (Lipinski definition) is 0. The van der Waals surface area contributed by atoms with Crippen LogP contribution in [-0.4, -0.2) is 44.4 Å². The Labute approximate surface area is 228 Å². The summed E-state index contributed by atoms with van der Waals surface area (Å²) in [6.07, 6.45) is 4.40. The molecule has 1 heterocycles. The Bertz CT molecular complexity index is 1630. The van der Waals surface area contributed by atoms with Crippen LogP contribution in [0.2, 0.25) is 0 Å². The average molecular weight is 549 g/mol. The van der Waals surface area contributed by atoms with Crippen molar-refractivity contribution in [2.24, 2.45) is 23.3 Å². The number of rotatable bonds is 8. The molecule has 1 aliphatic carbocycles. The molecule has 12 nitrogen and oxygen atoms in total. The zero-order chi connectivity index (χ0) is 29.1. The number of aromatic nitrogens is 1. The van der Waals surface area contributed by atoms with E-state index in [9.17, 15) is 29.3 Å². The van der Waals surface area contributed by atoms with Gasteiger partial charge in [0.05, 0.1) is 4.92 Å². The number of aryl methyl sites for hydroxylation is 1. The summed E-state index contributed by atoms with van der Waals surface area (Å²) in [6.45, 7) is 3.67. The summed E-state index contributed by atoms with van der Waals surface area (Å²) in [6, 6.07) is 7.51. The highest BCUT2D eigenvalue weighted by Gasteiger charge is 2.29. The predicted molar refractivity (Wildman–Crippen MR) is 146 cm³/mol. The van der Waals surface area contributed by atoms with Crippen molar-refractivity contribution in [2.45, 2.75) is 52.9 Å². The molecule has 208 valence electrons. The number of ketones is 2. The number of oxime groups is 2. The Morgan fingerprint density at radius 1 is 0.875 bits per heavy atom. The molecule has 1 aromatic heterocycles. The van der Waals surface area contributed by atoms with Crippen molar-refractivity contribution in [3.05, 3.63) is 51.6 Å². The van der Waals surface area contributed by atoms with Crippen molar-refractivity contribution in [1.82, 2.24) is 4.57 Å². The number of fused-ring (bicyclic) bond motifs is 3. The maximum atomic E-state index is 13.7. The van der Waals surface area contributed by atoms with Gasteiger partial charge in [-0.3, -0.25) is 19.7 Å². The van der Waals surface area contributed by atoms with Crippen LogP contribution in [0.3, 0.4) is 0 Å². The monoisotopic (exact) mass is 548 g/mol. The summed E-state index contributed by atoms with van der Waals surface area (Å²) in [5.41, 5.74) is 0.775. The number of hydrogen-bond acceptors (Lipinski definition) is 10. The molecule has 0 atom stereocenters. The first kappa shape index (κ1) is 28.3. The molecule has 2 aromatic carbocycles. The Morgan fingerprint density at radius 3 is 2.12 bits per heavy atom. The third kappa shape index (κ3) is 5.65. The van der Waals surface area contributed by atoms with Gasteiger partial charge >= 0.3 is 11.9 Å². The van der Waals surface area contributed by atoms with Crippen molar-refractivity contribution in [3.8, 4) is 0 Å². The van der Waals surface area contributed by atoms with Crippen LogP contribution < -0.4 is 0 Å². The van der Waals surface area contributed by atoms with Gasteiger partial charge in [0.25, 0.3) is 5.69 Å². The molecule has 0 unspecified atom stereocenters. The van der Waals surface area contributed by atoms with E-state index >= 15 is 0 Å². The van der Waals surface area contributed by atoms with Crippen LogP contribution in [0, 0.1) is 16.0 Å². The number of nitro benzene ring substituents is 1. The first-order valence-electron chi connectivity index (χ1n) is 12.8. The predicted octanol–water partition coefficient (Wildman–Crippen LogP) is 5.04. The maximum Gasteiger partial charge on any atom is 0.331 e. The molecule has 0 aliphatic heterocycles. The average Bonchev–Trinajstić information content (AvgIpc) is 3.22. The summed E-state index contributed by atoms with van der Waals surface area (Å²) in [5.74, 6) is -2.58. The second kappa shape index (κ2) is 11.6. The number of carbonyl (C=O) groups is 4. The number of Topliss-reactive ketones (excluding diaryl/α,β-unsaturated/α-hetero) is 2. The van der Waals surface area contributed by atoms with Gasteiger partial charge in [-0.1, -0.05) is 29.6 Å². The quantitative estimate of drug-likeness (QED) is 0.124. The van der Waals surface area contributed by atoms with E-state index in [1.807, 2.05) is 0 Å². The lowest BCUT2D eigenvalue weighted by Gasteiger charge is -2.22. The van der Waals surface area contributed by atoms with Crippen LogP contribution >= 0.6 is 0 Å². The molecular formula is C28H28N4O8. The lowest BCUT2D eigenvalue weighted by molar-refractivity contribution is -0.383. The lowest BCUT2D eigenvalue weighted by atomic mass is 9.83. The molecule has 1 aliphatic rings. The van der Waals surface area contributed by atoms with Gasteiger partial charge in [0.15, 0.2) is 0 Å². The SMILES string of the molecule is CC(=O)O/N=C(\C)C(=O)c1cc([N+](=O)[O-])c2c(c1)c1cc(C(=O)/C(=N/OC(C)=O)C3CCCCC3)ccc1n2C. The second-order valence-electron chi connectivity index (χ2n) is 9.75. The Balaban J connectivity index is 1.88. The van der Waals surface area contributed by atoms with Crippen molar-refractivity contribution >= 4 is 62.4 Å². The summed E-state index contributed by atoms with van der Waals surface area (Å²) < 4.78 is 1.63. The number of nitrogens with zero attached hydrogens (tertiary/aromatic N) is 4. The van der Waals surface area contributed by atoms with E-state index in [1.165, 1.54) is 19.9 Å². The normalized spacial score (nSPS) is 14.8. The summed E-state index contributed by atoms with van der Waals surface area (Å²) >= 11 is 0. The maximum absolute atomic E-state index is 13.7. The van der Waals surface area contributed by atoms with Crippen molar-refractivity contribution in [3.63, 3.8) is 0 Å². The van der Waals surface area contributed by atoms with Gasteiger partial charge in [0.1, 0.15) is 16.9 Å². The molecule has 1 saturated carbocycles. The molecule has 0 saturated heterocycles. The second-order valence-corrected chi connectivity index (χ2v) is 9.75. The number of non-ortho nitro benzene ring substituents is 1. The van der Waals surface area contributed by atoms with Gasteiger partial charge in [-0.25, -0.2) is 9.59 Å². The van der Waals surface area contributed by atoms with E-state index < -0.39 is 28.4 Å². The first-order chi connectivity index (χ1) is 19.0. The van der Waals surface area contributed by atoms with Gasteiger partial charge < -0.3 is 14.2 Å². The van der Waals surface area contributed by atoms with Crippen molar-refractivity contribution < 1.29 is 33.8 Å². The van der Waals surface area contributed by atoms with E-state index in [1.54, 1.807) is 29.8 Å². The van der Waals surface area contributed by atoms with Crippen LogP contribution in [0.25, 0.3) is 21.8 Å². The van der Waals surface area contributed by atoms with E-state index in [4.69, 9.17) is 4.84 Å². The highest BCUT2D eigenvalue weighted by molar-refractivity contribution is 6.47. The number of nitro groups is 1.